The first-order valence-electron chi connectivity index (χ1n) is 12.4. The number of hydrogen-bond donors (Lipinski definition) is 4. The average molecular weight is 661 g/mol. The maximum atomic E-state index is 13.3. The first kappa shape index (κ1) is 28.6. The number of aromatic nitrogens is 8. The normalized spacial score (nSPS) is 37.7. The minimum atomic E-state index is -4.07. The molecule has 0 radical (unpaired) electrons. The molecule has 4 aromatic heterocycles. The van der Waals surface area contributed by atoms with Gasteiger partial charge < -0.3 is 24.0 Å². The van der Waals surface area contributed by atoms with Crippen LogP contribution < -0.4 is 5.56 Å². The van der Waals surface area contributed by atoms with Crippen LogP contribution in [0.25, 0.3) is 22.2 Å². The van der Waals surface area contributed by atoms with E-state index >= 15 is 0 Å². The highest BCUT2D eigenvalue weighted by Crippen LogP contribution is 2.58. The molecule has 224 valence electrons. The Labute approximate surface area is 245 Å². The Morgan fingerprint density at radius 1 is 1.05 bits per heavy atom. The van der Waals surface area contributed by atoms with Crippen molar-refractivity contribution in [3.63, 3.8) is 0 Å². The number of ether oxygens (including phenoxy) is 2. The SMILES string of the molecule is O=c1[nH]ncc2c1ncn2[C@@H]1O[C@@H]2COP(=O)(S)O[C@H]3C[C@H](n4cnc5cncnc54)O[C@@H]3COP(O)(=S)O[C@@H]1[C@@H]2O. The third kappa shape index (κ3) is 5.25. The predicted octanol–water partition coefficient (Wildman–Crippen LogP) is 0.577. The maximum absolute atomic E-state index is 13.3. The summed E-state index contributed by atoms with van der Waals surface area (Å²) in [5.74, 6) is 0. The first-order chi connectivity index (χ1) is 20.1. The van der Waals surface area contributed by atoms with E-state index < -0.39 is 68.7 Å². The van der Waals surface area contributed by atoms with Gasteiger partial charge in [-0.2, -0.15) is 5.10 Å². The van der Waals surface area contributed by atoms with E-state index in [1.165, 1.54) is 29.7 Å². The fourth-order valence-electron chi connectivity index (χ4n) is 5.12. The Hall–Kier alpha value is -2.19. The van der Waals surface area contributed by atoms with E-state index in [-0.39, 0.29) is 24.1 Å². The molecule has 3 N–H and O–H groups in total. The zero-order valence-electron chi connectivity index (χ0n) is 21.1. The van der Waals surface area contributed by atoms with Gasteiger partial charge in [0.25, 0.3) is 5.56 Å². The van der Waals surface area contributed by atoms with Gasteiger partial charge in [0, 0.05) is 6.42 Å². The predicted molar refractivity (Wildman–Crippen MR) is 147 cm³/mol. The van der Waals surface area contributed by atoms with Crippen molar-refractivity contribution >= 4 is 59.8 Å². The van der Waals surface area contributed by atoms with E-state index in [4.69, 9.17) is 39.4 Å². The number of thiol groups is 1. The average Bonchev–Trinajstić information content (AvgIpc) is 3.72. The first-order valence-corrected chi connectivity index (χ1v) is 17.7. The van der Waals surface area contributed by atoms with Gasteiger partial charge in [0.2, 0.25) is 0 Å². The Balaban J connectivity index is 1.18. The summed E-state index contributed by atoms with van der Waals surface area (Å²) in [5, 5.41) is 17.2. The van der Waals surface area contributed by atoms with Crippen molar-refractivity contribution in [2.45, 2.75) is 49.4 Å². The van der Waals surface area contributed by atoms with Crippen molar-refractivity contribution < 1.29 is 42.1 Å². The monoisotopic (exact) mass is 660 g/mol. The molecule has 9 atom stereocenters. The smallest absolute Gasteiger partial charge is 0.386 e. The summed E-state index contributed by atoms with van der Waals surface area (Å²) < 4.78 is 51.2. The van der Waals surface area contributed by atoms with E-state index in [9.17, 15) is 19.4 Å². The zero-order valence-corrected chi connectivity index (χ0v) is 24.6. The van der Waals surface area contributed by atoms with Crippen molar-refractivity contribution in [2.75, 3.05) is 13.2 Å². The van der Waals surface area contributed by atoms with Crippen molar-refractivity contribution in [3.05, 3.63) is 41.7 Å². The minimum Gasteiger partial charge on any atom is -0.387 e. The van der Waals surface area contributed by atoms with Crippen LogP contribution in [0, 0.1) is 0 Å². The Morgan fingerprint density at radius 3 is 2.71 bits per heavy atom. The van der Waals surface area contributed by atoms with Crippen molar-refractivity contribution in [3.8, 4) is 0 Å². The van der Waals surface area contributed by atoms with Gasteiger partial charge in [0.05, 0.1) is 43.8 Å². The maximum Gasteiger partial charge on any atom is 0.386 e. The summed E-state index contributed by atoms with van der Waals surface area (Å²) >= 11 is 9.42. The van der Waals surface area contributed by atoms with Gasteiger partial charge in [-0.05, 0) is 11.8 Å². The molecule has 0 saturated carbocycles. The van der Waals surface area contributed by atoms with Gasteiger partial charge >= 0.3 is 13.5 Å². The molecule has 3 fully saturated rings. The summed E-state index contributed by atoms with van der Waals surface area (Å²) in [6.45, 7) is -8.92. The molecule has 18 nitrogen and oxygen atoms in total. The second kappa shape index (κ2) is 10.8. The zero-order chi connectivity index (χ0) is 29.2. The summed E-state index contributed by atoms with van der Waals surface area (Å²) in [6, 6.07) is 0. The highest BCUT2D eigenvalue weighted by Gasteiger charge is 2.50. The molecular formula is C20H22N8O10P2S2. The highest BCUT2D eigenvalue weighted by molar-refractivity contribution is 8.44. The molecule has 0 aromatic carbocycles. The summed E-state index contributed by atoms with van der Waals surface area (Å²) in [5.41, 5.74) is 0.808. The quantitative estimate of drug-likeness (QED) is 0.171. The number of aliphatic hydroxyl groups is 1. The van der Waals surface area contributed by atoms with Crippen LogP contribution in [-0.2, 0) is 43.9 Å². The Bertz CT molecular complexity index is 1800. The van der Waals surface area contributed by atoms with Gasteiger partial charge in [-0.1, -0.05) is 12.2 Å². The number of H-pyrrole nitrogens is 1. The van der Waals surface area contributed by atoms with E-state index in [0.717, 1.165) is 0 Å². The van der Waals surface area contributed by atoms with Gasteiger partial charge in [0.15, 0.2) is 17.4 Å². The number of rotatable bonds is 2. The van der Waals surface area contributed by atoms with Crippen LogP contribution >= 0.6 is 25.8 Å². The Morgan fingerprint density at radius 2 is 1.86 bits per heavy atom. The molecule has 2 bridgehead atoms. The van der Waals surface area contributed by atoms with Crippen LogP contribution in [0.5, 0.6) is 0 Å². The lowest BCUT2D eigenvalue weighted by atomic mass is 10.1. The highest BCUT2D eigenvalue weighted by atomic mass is 32.7. The van der Waals surface area contributed by atoms with Crippen LogP contribution in [-0.4, -0.2) is 93.0 Å². The lowest BCUT2D eigenvalue weighted by Crippen LogP contribution is -2.35. The van der Waals surface area contributed by atoms with Crippen LogP contribution in [0.15, 0.2) is 36.2 Å². The van der Waals surface area contributed by atoms with Crippen LogP contribution in [0.2, 0.25) is 0 Å². The molecule has 0 spiro atoms. The van der Waals surface area contributed by atoms with Crippen LogP contribution in [0.4, 0.5) is 0 Å². The summed E-state index contributed by atoms with van der Waals surface area (Å²) in [6.07, 6.45) is -0.296. The van der Waals surface area contributed by atoms with Crippen molar-refractivity contribution in [2.24, 2.45) is 0 Å². The third-order valence-corrected chi connectivity index (χ3v) is 10.2. The van der Waals surface area contributed by atoms with Gasteiger partial charge in [-0.25, -0.2) is 29.6 Å². The fourth-order valence-corrected chi connectivity index (χ4v) is 8.06. The molecule has 3 saturated heterocycles. The summed E-state index contributed by atoms with van der Waals surface area (Å²) in [7, 11) is 0. The van der Waals surface area contributed by atoms with E-state index in [1.807, 2.05) is 0 Å². The fraction of sp³-hybridized carbons (Fsp3) is 0.500. The second-order valence-electron chi connectivity index (χ2n) is 9.63. The number of aliphatic hydroxyl groups excluding tert-OH is 1. The molecule has 0 aliphatic carbocycles. The number of nitrogens with one attached hydrogen (secondary N) is 1. The molecule has 22 heteroatoms. The molecule has 3 aliphatic rings. The minimum absolute atomic E-state index is 0.0556. The van der Waals surface area contributed by atoms with Crippen LogP contribution in [0.1, 0.15) is 18.9 Å². The number of imidazole rings is 2. The number of nitrogens with zero attached hydrogens (tertiary/aromatic N) is 7. The molecule has 2 unspecified atom stereocenters. The lowest BCUT2D eigenvalue weighted by Gasteiger charge is -2.27. The van der Waals surface area contributed by atoms with E-state index in [1.54, 1.807) is 10.8 Å². The van der Waals surface area contributed by atoms with Crippen molar-refractivity contribution in [1.82, 2.24) is 39.3 Å². The van der Waals surface area contributed by atoms with E-state index in [0.29, 0.717) is 11.2 Å². The van der Waals surface area contributed by atoms with Gasteiger partial charge in [0.1, 0.15) is 48.6 Å². The number of aromatic amines is 1. The topological polar surface area (TPSA) is 220 Å². The second-order valence-corrected chi connectivity index (χ2v) is 15.3. The number of fused-ring (bicyclic) bond motifs is 5. The van der Waals surface area contributed by atoms with E-state index in [2.05, 4.69) is 42.4 Å². The molecule has 3 aliphatic heterocycles. The largest absolute Gasteiger partial charge is 0.387 e. The van der Waals surface area contributed by atoms with Crippen LogP contribution in [0.3, 0.4) is 0 Å². The van der Waals surface area contributed by atoms with Gasteiger partial charge in [-0.15, -0.1) is 0 Å². The Kier molecular flexibility index (Phi) is 7.32. The molecule has 4 aromatic rings. The van der Waals surface area contributed by atoms with Crippen molar-refractivity contribution in [1.29, 1.82) is 0 Å². The molecule has 42 heavy (non-hydrogen) atoms. The number of hydrogen-bond acceptors (Lipinski definition) is 15. The molecular weight excluding hydrogens is 638 g/mol. The molecule has 7 rings (SSSR count). The third-order valence-electron chi connectivity index (χ3n) is 7.04. The van der Waals surface area contributed by atoms with Gasteiger partial charge in [-0.3, -0.25) is 27.5 Å². The molecule has 7 heterocycles. The lowest BCUT2D eigenvalue weighted by molar-refractivity contribution is -0.0583. The standard InChI is InChI=1S/C20H22N8O10P2S2/c29-16-13-5-34-39(31,41)37-11-1-14(28-7-23-9-2-21-6-22-18(9)28)35-12(11)4-33-40(32,42)38-17(16)20(36-13)27-8-24-15-10(27)3-25-26-19(15)30/h2-3,6-8,11-14,16-17,20,29H,1,4-5H2,(H,26,30)(H,31,41)(H,32,42)/t11-,12+,13+,14+,16+,17+,20+,39?,40?/m0/s1. The molecule has 0 amide bonds. The summed E-state index contributed by atoms with van der Waals surface area (Å²) in [4.78, 5) is 39.8.